The average molecular weight is 308 g/mol. The highest BCUT2D eigenvalue weighted by Crippen LogP contribution is 2.20. The van der Waals surface area contributed by atoms with Gasteiger partial charge in [-0.3, -0.25) is 4.79 Å². The second-order valence-corrected chi connectivity index (χ2v) is 4.70. The van der Waals surface area contributed by atoms with Crippen molar-refractivity contribution < 1.29 is 14.3 Å². The number of benzene rings is 1. The number of amides is 1. The summed E-state index contributed by atoms with van der Waals surface area (Å²) in [6.45, 7) is -0.404. The summed E-state index contributed by atoms with van der Waals surface area (Å²) in [5.41, 5.74) is 0.887. The van der Waals surface area contributed by atoms with Crippen molar-refractivity contribution in [2.75, 3.05) is 6.61 Å². The summed E-state index contributed by atoms with van der Waals surface area (Å²) >= 11 is 5.59. The molecule has 1 unspecified atom stereocenters. The van der Waals surface area contributed by atoms with E-state index in [1.807, 2.05) is 6.07 Å². The van der Waals surface area contributed by atoms with Crippen LogP contribution in [0.4, 0.5) is 4.39 Å². The summed E-state index contributed by atoms with van der Waals surface area (Å²) in [5, 5.41) is 20.6. The molecule has 0 aliphatic rings. The van der Waals surface area contributed by atoms with Crippen LogP contribution >= 0.6 is 11.6 Å². The predicted molar refractivity (Wildman–Crippen MR) is 74.2 cm³/mol. The van der Waals surface area contributed by atoms with Gasteiger partial charge in [0.15, 0.2) is 0 Å². The normalized spacial score (nSPS) is 11.7. The second-order valence-electron chi connectivity index (χ2n) is 4.30. The van der Waals surface area contributed by atoms with Crippen molar-refractivity contribution in [3.05, 3.63) is 58.1 Å². The van der Waals surface area contributed by atoms with E-state index < -0.39 is 24.4 Å². The largest absolute Gasteiger partial charge is 0.394 e. The molecule has 0 aliphatic heterocycles. The number of aromatic amines is 1. The Balaban J connectivity index is 2.16. The lowest BCUT2D eigenvalue weighted by atomic mass is 10.1. The first-order chi connectivity index (χ1) is 10.0. The zero-order valence-electron chi connectivity index (χ0n) is 10.7. The summed E-state index contributed by atoms with van der Waals surface area (Å²) in [4.78, 5) is 14.6. The van der Waals surface area contributed by atoms with Crippen LogP contribution in [0.25, 0.3) is 0 Å². The van der Waals surface area contributed by atoms with Gasteiger partial charge in [0.25, 0.3) is 5.91 Å². The Morgan fingerprint density at radius 3 is 2.86 bits per heavy atom. The van der Waals surface area contributed by atoms with Crippen LogP contribution in [-0.2, 0) is 0 Å². The number of carbonyl (C=O) groups excluding carboxylic acids is 1. The van der Waals surface area contributed by atoms with Gasteiger partial charge >= 0.3 is 0 Å². The number of rotatable bonds is 4. The Bertz CT molecular complexity index is 708. The first kappa shape index (κ1) is 15.0. The summed E-state index contributed by atoms with van der Waals surface area (Å²) in [6, 6.07) is 6.51. The summed E-state index contributed by atoms with van der Waals surface area (Å²) in [7, 11) is 0. The number of nitrogens with one attached hydrogen (secondary N) is 2. The van der Waals surface area contributed by atoms with Crippen LogP contribution in [0, 0.1) is 17.1 Å². The summed E-state index contributed by atoms with van der Waals surface area (Å²) in [6.07, 6.45) is 1.39. The molecule has 2 rings (SSSR count). The van der Waals surface area contributed by atoms with Gasteiger partial charge in [0.05, 0.1) is 23.2 Å². The van der Waals surface area contributed by atoms with Crippen molar-refractivity contribution in [1.82, 2.24) is 10.3 Å². The highest BCUT2D eigenvalue weighted by atomic mass is 35.5. The number of hydrogen-bond donors (Lipinski definition) is 3. The minimum Gasteiger partial charge on any atom is -0.394 e. The van der Waals surface area contributed by atoms with Crippen molar-refractivity contribution in [3.63, 3.8) is 0 Å². The highest BCUT2D eigenvalue weighted by Gasteiger charge is 2.17. The van der Waals surface area contributed by atoms with E-state index in [0.717, 1.165) is 6.07 Å². The molecule has 1 heterocycles. The SMILES string of the molecule is N#Cc1c[nH]c(C(=O)NC(CO)c2ccc(Cl)c(F)c2)c1. The molecule has 1 atom stereocenters. The van der Waals surface area contributed by atoms with Gasteiger partial charge in [-0.1, -0.05) is 17.7 Å². The van der Waals surface area contributed by atoms with E-state index in [4.69, 9.17) is 16.9 Å². The first-order valence-electron chi connectivity index (χ1n) is 6.00. The fraction of sp³-hybridized carbons (Fsp3) is 0.143. The Morgan fingerprint density at radius 1 is 1.52 bits per heavy atom. The number of aliphatic hydroxyl groups is 1. The van der Waals surface area contributed by atoms with E-state index in [1.165, 1.54) is 24.4 Å². The molecule has 0 saturated carbocycles. The van der Waals surface area contributed by atoms with Crippen molar-refractivity contribution in [2.45, 2.75) is 6.04 Å². The molecule has 7 heteroatoms. The topological polar surface area (TPSA) is 88.9 Å². The zero-order chi connectivity index (χ0) is 15.4. The molecule has 0 radical (unpaired) electrons. The third-order valence-electron chi connectivity index (χ3n) is 2.89. The number of hydrogen-bond acceptors (Lipinski definition) is 3. The number of halogens is 2. The Hall–Kier alpha value is -2.36. The third kappa shape index (κ3) is 3.40. The van der Waals surface area contributed by atoms with E-state index >= 15 is 0 Å². The third-order valence-corrected chi connectivity index (χ3v) is 3.20. The zero-order valence-corrected chi connectivity index (χ0v) is 11.5. The number of carbonyl (C=O) groups is 1. The molecule has 21 heavy (non-hydrogen) atoms. The molecule has 2 aromatic rings. The standard InChI is InChI=1S/C14H11ClFN3O2/c15-10-2-1-9(4-11(10)16)13(7-20)19-14(21)12-3-8(5-17)6-18-12/h1-4,6,13,18,20H,7H2,(H,19,21). The summed E-state index contributed by atoms with van der Waals surface area (Å²) in [5.74, 6) is -1.14. The van der Waals surface area contributed by atoms with Gasteiger partial charge in [0, 0.05) is 6.20 Å². The maximum Gasteiger partial charge on any atom is 0.268 e. The smallest absolute Gasteiger partial charge is 0.268 e. The second kappa shape index (κ2) is 6.39. The molecule has 0 spiro atoms. The molecule has 1 amide bonds. The van der Waals surface area contributed by atoms with Crippen molar-refractivity contribution in [2.24, 2.45) is 0 Å². The lowest BCUT2D eigenvalue weighted by Crippen LogP contribution is -2.31. The monoisotopic (exact) mass is 307 g/mol. The molecule has 5 nitrogen and oxygen atoms in total. The van der Waals surface area contributed by atoms with E-state index in [9.17, 15) is 14.3 Å². The molecule has 1 aromatic heterocycles. The van der Waals surface area contributed by atoms with Gasteiger partial charge in [-0.15, -0.1) is 0 Å². The molecule has 0 aliphatic carbocycles. The minimum atomic E-state index is -0.780. The van der Waals surface area contributed by atoms with Crippen molar-refractivity contribution in [1.29, 1.82) is 5.26 Å². The fourth-order valence-electron chi connectivity index (χ4n) is 1.79. The van der Waals surface area contributed by atoms with Crippen molar-refractivity contribution >= 4 is 17.5 Å². The molecular weight excluding hydrogens is 297 g/mol. The van der Waals surface area contributed by atoms with Crippen molar-refractivity contribution in [3.8, 4) is 6.07 Å². The number of nitriles is 1. The van der Waals surface area contributed by atoms with E-state index in [1.54, 1.807) is 0 Å². The van der Waals surface area contributed by atoms with Gasteiger partial charge in [-0.05, 0) is 23.8 Å². The molecule has 0 fully saturated rings. The molecule has 0 bridgehead atoms. The molecular formula is C14H11ClFN3O2. The lowest BCUT2D eigenvalue weighted by Gasteiger charge is -2.16. The first-order valence-corrected chi connectivity index (χ1v) is 6.38. The molecule has 108 valence electrons. The van der Waals surface area contributed by atoms with Gasteiger partial charge in [0.2, 0.25) is 0 Å². The van der Waals surface area contributed by atoms with Crippen LogP contribution in [0.2, 0.25) is 5.02 Å². The quantitative estimate of drug-likeness (QED) is 0.808. The maximum absolute atomic E-state index is 13.4. The highest BCUT2D eigenvalue weighted by molar-refractivity contribution is 6.30. The summed E-state index contributed by atoms with van der Waals surface area (Å²) < 4.78 is 13.4. The number of H-pyrrole nitrogens is 1. The van der Waals surface area contributed by atoms with Crippen LogP contribution in [0.3, 0.4) is 0 Å². The Morgan fingerprint density at radius 2 is 2.29 bits per heavy atom. The number of aromatic nitrogens is 1. The van der Waals surface area contributed by atoms with Gasteiger partial charge in [-0.25, -0.2) is 4.39 Å². The van der Waals surface area contributed by atoms with Crippen LogP contribution in [0.5, 0.6) is 0 Å². The molecule has 0 saturated heterocycles. The van der Waals surface area contributed by atoms with E-state index in [-0.39, 0.29) is 10.7 Å². The van der Waals surface area contributed by atoms with Crippen LogP contribution < -0.4 is 5.32 Å². The maximum atomic E-state index is 13.4. The Kier molecular flexibility index (Phi) is 4.58. The van der Waals surface area contributed by atoms with Gasteiger partial charge in [-0.2, -0.15) is 5.26 Å². The fourth-order valence-corrected chi connectivity index (χ4v) is 1.91. The van der Waals surface area contributed by atoms with Crippen LogP contribution in [0.15, 0.2) is 30.5 Å². The average Bonchev–Trinajstić information content (AvgIpc) is 2.96. The van der Waals surface area contributed by atoms with E-state index in [2.05, 4.69) is 10.3 Å². The van der Waals surface area contributed by atoms with Gasteiger partial charge in [0.1, 0.15) is 17.6 Å². The Labute approximate surface area is 125 Å². The number of aliphatic hydroxyl groups excluding tert-OH is 1. The minimum absolute atomic E-state index is 0.0372. The lowest BCUT2D eigenvalue weighted by molar-refractivity contribution is 0.0911. The molecule has 3 N–H and O–H groups in total. The number of nitrogens with zero attached hydrogens (tertiary/aromatic N) is 1. The van der Waals surface area contributed by atoms with Crippen LogP contribution in [-0.4, -0.2) is 22.6 Å². The van der Waals surface area contributed by atoms with E-state index in [0.29, 0.717) is 11.1 Å². The molecule has 1 aromatic carbocycles. The predicted octanol–water partition coefficient (Wildman–Crippen LogP) is 2.14. The van der Waals surface area contributed by atoms with Gasteiger partial charge < -0.3 is 15.4 Å². The van der Waals surface area contributed by atoms with Crippen LogP contribution in [0.1, 0.15) is 27.7 Å².